The molecule has 0 amide bonds. The lowest BCUT2D eigenvalue weighted by molar-refractivity contribution is -0.384. The number of aliphatic hydroxyl groups is 1. The lowest BCUT2D eigenvalue weighted by Crippen LogP contribution is -2.42. The zero-order valence-corrected chi connectivity index (χ0v) is 15.7. The molecule has 0 saturated heterocycles. The van der Waals surface area contributed by atoms with E-state index >= 15 is 0 Å². The Labute approximate surface area is 156 Å². The molecule has 0 aliphatic heterocycles. The van der Waals surface area contributed by atoms with Crippen LogP contribution >= 0.6 is 12.2 Å². The number of nitrogens with zero attached hydrogens (tertiary/aromatic N) is 2. The third-order valence-electron chi connectivity index (χ3n) is 3.43. The van der Waals surface area contributed by atoms with Gasteiger partial charge in [0.15, 0.2) is 0 Å². The monoisotopic (exact) mass is 378 g/mol. The standard InChI is InChI=1S/C17H22N4O4S/c1-17(2,3)18-9-12(22)10-25-15-6-4-11(21(23)24)8-13(15)14-5-7-16(26)20-19-14/h4-8,12,18,22H,9-10H2,1-3H3,(H,20,26). The number of aromatic nitrogens is 2. The number of nitro benzene ring substituents is 1. The van der Waals surface area contributed by atoms with Gasteiger partial charge in [0.05, 0.1) is 16.2 Å². The highest BCUT2D eigenvalue weighted by Gasteiger charge is 2.17. The topological polar surface area (TPSA) is 113 Å². The lowest BCUT2D eigenvalue weighted by Gasteiger charge is -2.23. The van der Waals surface area contributed by atoms with Crippen LogP contribution in [0.3, 0.4) is 0 Å². The molecule has 2 aromatic rings. The largest absolute Gasteiger partial charge is 0.490 e. The summed E-state index contributed by atoms with van der Waals surface area (Å²) in [7, 11) is 0. The molecule has 0 saturated carbocycles. The summed E-state index contributed by atoms with van der Waals surface area (Å²) in [5.74, 6) is 0.392. The molecule has 1 aromatic heterocycles. The summed E-state index contributed by atoms with van der Waals surface area (Å²) in [6, 6.07) is 7.53. The average molecular weight is 378 g/mol. The summed E-state index contributed by atoms with van der Waals surface area (Å²) in [6.45, 7) is 6.40. The molecule has 1 unspecified atom stereocenters. The van der Waals surface area contributed by atoms with Gasteiger partial charge in [0.1, 0.15) is 23.1 Å². The molecule has 140 valence electrons. The second-order valence-electron chi connectivity index (χ2n) is 6.84. The molecule has 0 bridgehead atoms. The van der Waals surface area contributed by atoms with E-state index in [1.807, 2.05) is 20.8 Å². The van der Waals surface area contributed by atoms with Crippen molar-refractivity contribution in [2.75, 3.05) is 13.2 Å². The van der Waals surface area contributed by atoms with Crippen LogP contribution in [0, 0.1) is 14.8 Å². The number of nitrogens with one attached hydrogen (secondary N) is 2. The minimum Gasteiger partial charge on any atom is -0.490 e. The second kappa shape index (κ2) is 8.35. The van der Waals surface area contributed by atoms with E-state index in [0.717, 1.165) is 0 Å². The summed E-state index contributed by atoms with van der Waals surface area (Å²) in [5, 5.41) is 31.1. The van der Waals surface area contributed by atoms with Crippen LogP contribution in [0.4, 0.5) is 5.69 Å². The predicted molar refractivity (Wildman–Crippen MR) is 101 cm³/mol. The van der Waals surface area contributed by atoms with Crippen molar-refractivity contribution in [1.82, 2.24) is 15.5 Å². The summed E-state index contributed by atoms with van der Waals surface area (Å²) >= 11 is 4.97. The number of aromatic amines is 1. The molecule has 2 rings (SSSR count). The van der Waals surface area contributed by atoms with Crippen LogP contribution < -0.4 is 10.1 Å². The molecule has 1 heterocycles. The predicted octanol–water partition coefficient (Wildman–Crippen LogP) is 2.84. The van der Waals surface area contributed by atoms with Crippen LogP contribution in [-0.4, -0.2) is 45.0 Å². The number of aliphatic hydroxyl groups excluding tert-OH is 1. The molecule has 9 heteroatoms. The minimum atomic E-state index is -0.730. The maximum absolute atomic E-state index is 11.1. The highest BCUT2D eigenvalue weighted by Crippen LogP contribution is 2.32. The van der Waals surface area contributed by atoms with Crippen LogP contribution in [0.5, 0.6) is 5.75 Å². The third-order valence-corrected chi connectivity index (χ3v) is 3.66. The van der Waals surface area contributed by atoms with Gasteiger partial charge in [-0.3, -0.25) is 15.2 Å². The number of rotatable bonds is 7. The van der Waals surface area contributed by atoms with E-state index in [2.05, 4.69) is 15.5 Å². The van der Waals surface area contributed by atoms with Crippen molar-refractivity contribution in [3.8, 4) is 17.0 Å². The number of ether oxygens (including phenoxy) is 1. The maximum Gasteiger partial charge on any atom is 0.270 e. The number of non-ortho nitro benzene ring substituents is 1. The van der Waals surface area contributed by atoms with E-state index in [0.29, 0.717) is 28.2 Å². The van der Waals surface area contributed by atoms with Crippen LogP contribution in [0.1, 0.15) is 20.8 Å². The maximum atomic E-state index is 11.1. The summed E-state index contributed by atoms with van der Waals surface area (Å²) in [4.78, 5) is 10.6. The van der Waals surface area contributed by atoms with Gasteiger partial charge in [-0.2, -0.15) is 5.10 Å². The quantitative estimate of drug-likeness (QED) is 0.386. The number of hydrogen-bond acceptors (Lipinski definition) is 7. The fourth-order valence-electron chi connectivity index (χ4n) is 2.12. The first-order chi connectivity index (χ1) is 12.2. The first-order valence-electron chi connectivity index (χ1n) is 8.06. The van der Waals surface area contributed by atoms with Gasteiger partial charge in [0, 0.05) is 24.2 Å². The molecular formula is C17H22N4O4S. The zero-order valence-electron chi connectivity index (χ0n) is 14.9. The van der Waals surface area contributed by atoms with Crippen molar-refractivity contribution >= 4 is 17.9 Å². The van der Waals surface area contributed by atoms with E-state index in [4.69, 9.17) is 17.0 Å². The fourth-order valence-corrected chi connectivity index (χ4v) is 2.23. The molecule has 0 aliphatic rings. The van der Waals surface area contributed by atoms with Gasteiger partial charge in [0.2, 0.25) is 0 Å². The Bertz CT molecular complexity index is 812. The van der Waals surface area contributed by atoms with Crippen LogP contribution in [0.2, 0.25) is 0 Å². The first kappa shape index (κ1) is 20.0. The second-order valence-corrected chi connectivity index (χ2v) is 7.28. The number of H-pyrrole nitrogens is 1. The highest BCUT2D eigenvalue weighted by atomic mass is 32.1. The van der Waals surface area contributed by atoms with Gasteiger partial charge < -0.3 is 15.2 Å². The molecule has 0 radical (unpaired) electrons. The Morgan fingerprint density at radius 3 is 2.69 bits per heavy atom. The Morgan fingerprint density at radius 2 is 2.12 bits per heavy atom. The van der Waals surface area contributed by atoms with Gasteiger partial charge in [-0.25, -0.2) is 0 Å². The minimum absolute atomic E-state index is 0.0384. The fraction of sp³-hybridized carbons (Fsp3) is 0.412. The van der Waals surface area contributed by atoms with E-state index < -0.39 is 11.0 Å². The third kappa shape index (κ3) is 5.87. The smallest absolute Gasteiger partial charge is 0.270 e. The molecule has 3 N–H and O–H groups in total. The molecule has 8 nitrogen and oxygen atoms in total. The Morgan fingerprint density at radius 1 is 1.38 bits per heavy atom. The van der Waals surface area contributed by atoms with E-state index in [9.17, 15) is 15.2 Å². The van der Waals surface area contributed by atoms with E-state index in [-0.39, 0.29) is 17.8 Å². The molecular weight excluding hydrogens is 356 g/mol. The molecule has 0 spiro atoms. The zero-order chi connectivity index (χ0) is 19.3. The molecule has 1 atom stereocenters. The SMILES string of the molecule is CC(C)(C)NCC(O)COc1ccc([N+](=O)[O-])cc1-c1ccc(=S)[nH]n1. The Kier molecular flexibility index (Phi) is 6.41. The number of β-amino-alcohol motifs (C(OH)–C–C–N with tert-alkyl or cyclic N) is 1. The number of benzene rings is 1. The van der Waals surface area contributed by atoms with Gasteiger partial charge in [0.25, 0.3) is 5.69 Å². The molecule has 0 aliphatic carbocycles. The molecule has 26 heavy (non-hydrogen) atoms. The summed E-state index contributed by atoms with van der Waals surface area (Å²) in [5.41, 5.74) is 0.707. The van der Waals surface area contributed by atoms with E-state index in [1.54, 1.807) is 12.1 Å². The lowest BCUT2D eigenvalue weighted by atomic mass is 10.1. The summed E-state index contributed by atoms with van der Waals surface area (Å²) in [6.07, 6.45) is -0.730. The van der Waals surface area contributed by atoms with Crippen molar-refractivity contribution in [3.63, 3.8) is 0 Å². The molecule has 1 aromatic carbocycles. The summed E-state index contributed by atoms with van der Waals surface area (Å²) < 4.78 is 6.14. The van der Waals surface area contributed by atoms with E-state index in [1.165, 1.54) is 18.2 Å². The normalized spacial score (nSPS) is 12.6. The van der Waals surface area contributed by atoms with Crippen molar-refractivity contribution in [1.29, 1.82) is 0 Å². The van der Waals surface area contributed by atoms with Gasteiger partial charge in [-0.15, -0.1) is 0 Å². The van der Waals surface area contributed by atoms with Gasteiger partial charge in [-0.05, 0) is 39.0 Å². The first-order valence-corrected chi connectivity index (χ1v) is 8.47. The van der Waals surface area contributed by atoms with Crippen LogP contribution in [0.25, 0.3) is 11.3 Å². The Balaban J connectivity index is 2.20. The van der Waals surface area contributed by atoms with Gasteiger partial charge >= 0.3 is 0 Å². The average Bonchev–Trinajstić information content (AvgIpc) is 2.58. The number of hydrogen-bond donors (Lipinski definition) is 3. The van der Waals surface area contributed by atoms with Crippen molar-refractivity contribution < 1.29 is 14.8 Å². The molecule has 0 fully saturated rings. The highest BCUT2D eigenvalue weighted by molar-refractivity contribution is 7.71. The van der Waals surface area contributed by atoms with Crippen molar-refractivity contribution in [2.45, 2.75) is 32.4 Å². The van der Waals surface area contributed by atoms with Crippen molar-refractivity contribution in [3.05, 3.63) is 45.1 Å². The van der Waals surface area contributed by atoms with Crippen LogP contribution in [-0.2, 0) is 0 Å². The van der Waals surface area contributed by atoms with Gasteiger partial charge in [-0.1, -0.05) is 12.2 Å². The van der Waals surface area contributed by atoms with Crippen LogP contribution in [0.15, 0.2) is 30.3 Å². The Hall–Kier alpha value is -2.36. The number of nitro groups is 1. The van der Waals surface area contributed by atoms with Crippen molar-refractivity contribution in [2.24, 2.45) is 0 Å².